The molecule has 0 aliphatic heterocycles. The van der Waals surface area contributed by atoms with Crippen molar-refractivity contribution in [3.63, 3.8) is 0 Å². The van der Waals surface area contributed by atoms with Gasteiger partial charge >= 0.3 is 5.63 Å². The van der Waals surface area contributed by atoms with Gasteiger partial charge in [0, 0.05) is 23.6 Å². The van der Waals surface area contributed by atoms with Gasteiger partial charge in [0.25, 0.3) is 5.69 Å². The molecular formula is C17H12FNO5. The number of aryl methyl sites for hydroxylation is 1. The highest BCUT2D eigenvalue weighted by Gasteiger charge is 2.13. The molecule has 1 aromatic heterocycles. The summed E-state index contributed by atoms with van der Waals surface area (Å²) >= 11 is 0. The average molecular weight is 329 g/mol. The standard InChI is InChI=1S/C17H12FNO5/c1-2-10-7-17(20)24-16-9-12(4-5-13(10)16)23-15-6-3-11(19(21)22)8-14(15)18/h3-9H,2H2,1H3. The van der Waals surface area contributed by atoms with Crippen LogP contribution < -0.4 is 10.4 Å². The minimum absolute atomic E-state index is 0.158. The van der Waals surface area contributed by atoms with Crippen LogP contribution in [0.5, 0.6) is 11.5 Å². The molecule has 0 bridgehead atoms. The van der Waals surface area contributed by atoms with Crippen LogP contribution in [-0.4, -0.2) is 4.92 Å². The number of halogens is 1. The van der Waals surface area contributed by atoms with Crippen LogP contribution >= 0.6 is 0 Å². The summed E-state index contributed by atoms with van der Waals surface area (Å²) in [6, 6.07) is 9.35. The van der Waals surface area contributed by atoms with E-state index in [9.17, 15) is 19.3 Å². The van der Waals surface area contributed by atoms with E-state index >= 15 is 0 Å². The highest BCUT2D eigenvalue weighted by atomic mass is 19.1. The van der Waals surface area contributed by atoms with Crippen LogP contribution in [-0.2, 0) is 6.42 Å². The number of rotatable bonds is 4. The maximum Gasteiger partial charge on any atom is 0.336 e. The predicted octanol–water partition coefficient (Wildman–Crippen LogP) is 4.20. The van der Waals surface area contributed by atoms with Crippen LogP contribution in [0.25, 0.3) is 11.0 Å². The lowest BCUT2D eigenvalue weighted by Gasteiger charge is -2.08. The number of nitro groups is 1. The minimum atomic E-state index is -0.854. The molecular weight excluding hydrogens is 317 g/mol. The molecule has 0 amide bonds. The van der Waals surface area contributed by atoms with E-state index in [1.807, 2.05) is 6.92 Å². The summed E-state index contributed by atoms with van der Waals surface area (Å²) in [5, 5.41) is 11.4. The van der Waals surface area contributed by atoms with Crippen molar-refractivity contribution in [3.8, 4) is 11.5 Å². The zero-order valence-corrected chi connectivity index (χ0v) is 12.6. The molecule has 2 aromatic carbocycles. The molecule has 3 rings (SSSR count). The molecule has 0 aliphatic rings. The summed E-state index contributed by atoms with van der Waals surface area (Å²) in [6.45, 7) is 1.92. The quantitative estimate of drug-likeness (QED) is 0.407. The van der Waals surface area contributed by atoms with Crippen LogP contribution in [0.15, 0.2) is 51.7 Å². The Morgan fingerprint density at radius 2 is 2.00 bits per heavy atom. The fourth-order valence-electron chi connectivity index (χ4n) is 2.38. The van der Waals surface area contributed by atoms with Gasteiger partial charge in [-0.25, -0.2) is 9.18 Å². The molecule has 7 heteroatoms. The van der Waals surface area contributed by atoms with Gasteiger partial charge in [-0.3, -0.25) is 10.1 Å². The predicted molar refractivity (Wildman–Crippen MR) is 85.0 cm³/mol. The van der Waals surface area contributed by atoms with Crippen molar-refractivity contribution in [3.05, 3.63) is 74.4 Å². The third kappa shape index (κ3) is 2.96. The molecule has 0 saturated heterocycles. The van der Waals surface area contributed by atoms with Crippen molar-refractivity contribution in [1.82, 2.24) is 0 Å². The number of non-ortho nitro benzene ring substituents is 1. The number of ether oxygens (including phenoxy) is 1. The Labute approximate surface area is 135 Å². The normalized spacial score (nSPS) is 10.8. The van der Waals surface area contributed by atoms with E-state index in [1.165, 1.54) is 18.2 Å². The van der Waals surface area contributed by atoms with Gasteiger partial charge in [-0.15, -0.1) is 0 Å². The van der Waals surface area contributed by atoms with Gasteiger partial charge in [-0.05, 0) is 30.2 Å². The van der Waals surface area contributed by atoms with Crippen LogP contribution in [0.3, 0.4) is 0 Å². The number of fused-ring (bicyclic) bond motifs is 1. The van der Waals surface area contributed by atoms with Gasteiger partial charge in [-0.2, -0.15) is 0 Å². The molecule has 0 radical (unpaired) electrons. The second-order valence-electron chi connectivity index (χ2n) is 5.08. The van der Waals surface area contributed by atoms with E-state index in [4.69, 9.17) is 9.15 Å². The van der Waals surface area contributed by atoms with E-state index in [-0.39, 0.29) is 17.2 Å². The van der Waals surface area contributed by atoms with Gasteiger partial charge in [0.15, 0.2) is 11.6 Å². The van der Waals surface area contributed by atoms with Crippen LogP contribution in [0.1, 0.15) is 12.5 Å². The average Bonchev–Trinajstić information content (AvgIpc) is 2.55. The molecule has 0 saturated carbocycles. The van der Waals surface area contributed by atoms with Gasteiger partial charge in [0.05, 0.1) is 11.0 Å². The first kappa shape index (κ1) is 15.7. The molecule has 24 heavy (non-hydrogen) atoms. The van der Waals surface area contributed by atoms with Gasteiger partial charge < -0.3 is 9.15 Å². The Kier molecular flexibility index (Phi) is 3.99. The summed E-state index contributed by atoms with van der Waals surface area (Å²) in [5.74, 6) is -0.756. The largest absolute Gasteiger partial charge is 0.454 e. The number of hydrogen-bond donors (Lipinski definition) is 0. The summed E-state index contributed by atoms with van der Waals surface area (Å²) in [7, 11) is 0. The van der Waals surface area contributed by atoms with E-state index < -0.39 is 16.4 Å². The molecule has 122 valence electrons. The first-order chi connectivity index (χ1) is 11.5. The Morgan fingerprint density at radius 3 is 2.67 bits per heavy atom. The van der Waals surface area contributed by atoms with Crippen molar-refractivity contribution in [2.45, 2.75) is 13.3 Å². The lowest BCUT2D eigenvalue weighted by Crippen LogP contribution is -2.00. The monoisotopic (exact) mass is 329 g/mol. The first-order valence-corrected chi connectivity index (χ1v) is 7.16. The molecule has 1 heterocycles. The fourth-order valence-corrected chi connectivity index (χ4v) is 2.38. The second-order valence-corrected chi connectivity index (χ2v) is 5.08. The Morgan fingerprint density at radius 1 is 1.21 bits per heavy atom. The number of nitro benzene ring substituents is 1. The summed E-state index contributed by atoms with van der Waals surface area (Å²) in [4.78, 5) is 21.5. The summed E-state index contributed by atoms with van der Waals surface area (Å²) in [6.07, 6.45) is 0.666. The first-order valence-electron chi connectivity index (χ1n) is 7.16. The molecule has 0 spiro atoms. The maximum absolute atomic E-state index is 13.9. The Balaban J connectivity index is 1.99. The second kappa shape index (κ2) is 6.11. The molecule has 3 aromatic rings. The van der Waals surface area contributed by atoms with Gasteiger partial charge in [0.2, 0.25) is 0 Å². The third-order valence-electron chi connectivity index (χ3n) is 3.54. The van der Waals surface area contributed by atoms with E-state index in [1.54, 1.807) is 12.1 Å². The summed E-state index contributed by atoms with van der Waals surface area (Å²) < 4.78 is 24.4. The van der Waals surface area contributed by atoms with E-state index in [2.05, 4.69) is 0 Å². The van der Waals surface area contributed by atoms with Crippen LogP contribution in [0.4, 0.5) is 10.1 Å². The number of benzene rings is 2. The molecule has 0 unspecified atom stereocenters. The van der Waals surface area contributed by atoms with Crippen molar-refractivity contribution >= 4 is 16.7 Å². The molecule has 0 N–H and O–H groups in total. The van der Waals surface area contributed by atoms with Crippen molar-refractivity contribution in [1.29, 1.82) is 0 Å². The van der Waals surface area contributed by atoms with Gasteiger partial charge in [0.1, 0.15) is 11.3 Å². The molecule has 0 atom stereocenters. The SMILES string of the molecule is CCc1cc(=O)oc2cc(Oc3ccc([N+](=O)[O-])cc3F)ccc12. The van der Waals surface area contributed by atoms with Gasteiger partial charge in [-0.1, -0.05) is 6.92 Å². The zero-order valence-electron chi connectivity index (χ0n) is 12.6. The Bertz CT molecular complexity index is 996. The highest BCUT2D eigenvalue weighted by molar-refractivity contribution is 5.81. The summed E-state index contributed by atoms with van der Waals surface area (Å²) in [5.41, 5.74) is 0.337. The van der Waals surface area contributed by atoms with Crippen molar-refractivity contribution < 1.29 is 18.5 Å². The third-order valence-corrected chi connectivity index (χ3v) is 3.54. The van der Waals surface area contributed by atoms with Crippen LogP contribution in [0, 0.1) is 15.9 Å². The number of hydrogen-bond acceptors (Lipinski definition) is 5. The number of nitrogens with zero attached hydrogens (tertiary/aromatic N) is 1. The van der Waals surface area contributed by atoms with E-state index in [0.717, 1.165) is 23.1 Å². The molecule has 0 fully saturated rings. The lowest BCUT2D eigenvalue weighted by atomic mass is 10.1. The maximum atomic E-state index is 13.9. The Hall–Kier alpha value is -3.22. The van der Waals surface area contributed by atoms with Crippen LogP contribution in [0.2, 0.25) is 0 Å². The highest BCUT2D eigenvalue weighted by Crippen LogP contribution is 2.30. The molecule has 6 nitrogen and oxygen atoms in total. The lowest BCUT2D eigenvalue weighted by molar-refractivity contribution is -0.385. The zero-order chi connectivity index (χ0) is 17.3. The fraction of sp³-hybridized carbons (Fsp3) is 0.118. The molecule has 0 aliphatic carbocycles. The minimum Gasteiger partial charge on any atom is -0.454 e. The van der Waals surface area contributed by atoms with Crippen molar-refractivity contribution in [2.24, 2.45) is 0 Å². The smallest absolute Gasteiger partial charge is 0.336 e. The van der Waals surface area contributed by atoms with Crippen molar-refractivity contribution in [2.75, 3.05) is 0 Å². The topological polar surface area (TPSA) is 82.6 Å². The van der Waals surface area contributed by atoms with E-state index in [0.29, 0.717) is 12.0 Å².